The van der Waals surface area contributed by atoms with Gasteiger partial charge in [0.15, 0.2) is 0 Å². The number of carbonyl (C=O) groups is 2. The van der Waals surface area contributed by atoms with E-state index in [0.29, 0.717) is 0 Å². The van der Waals surface area contributed by atoms with E-state index in [9.17, 15) is 9.59 Å². The van der Waals surface area contributed by atoms with Crippen LogP contribution in [0.1, 0.15) is 62.4 Å². The van der Waals surface area contributed by atoms with Crippen molar-refractivity contribution in [3.05, 3.63) is 29.3 Å². The van der Waals surface area contributed by atoms with E-state index in [1.54, 1.807) is 11.3 Å². The Morgan fingerprint density at radius 3 is 2.68 bits per heavy atom. The lowest BCUT2D eigenvalue weighted by atomic mass is 9.96. The molecule has 1 atom stereocenters. The van der Waals surface area contributed by atoms with Gasteiger partial charge in [0.1, 0.15) is 5.01 Å². The number of piperidine rings is 1. The number of nitrogens with zero attached hydrogens (tertiary/aromatic N) is 2. The van der Waals surface area contributed by atoms with Crippen LogP contribution < -0.4 is 10.6 Å². The first-order valence-electron chi connectivity index (χ1n) is 10.4. The summed E-state index contributed by atoms with van der Waals surface area (Å²) in [6.07, 6.45) is 8.76. The molecule has 1 aromatic heterocycles. The molecule has 1 saturated carbocycles. The minimum atomic E-state index is -0.356. The molecule has 6 nitrogen and oxygen atoms in total. The first kappa shape index (κ1) is 19.3. The highest BCUT2D eigenvalue weighted by molar-refractivity contribution is 7.18. The molecule has 1 aliphatic carbocycles. The molecule has 0 spiro atoms. The highest BCUT2D eigenvalue weighted by Crippen LogP contribution is 2.35. The Morgan fingerprint density at radius 2 is 1.86 bits per heavy atom. The van der Waals surface area contributed by atoms with Crippen molar-refractivity contribution >= 4 is 33.5 Å². The number of fused-ring (bicyclic) bond motifs is 1. The molecule has 2 fully saturated rings. The molecule has 0 radical (unpaired) electrons. The van der Waals surface area contributed by atoms with Crippen molar-refractivity contribution < 1.29 is 9.59 Å². The van der Waals surface area contributed by atoms with Crippen LogP contribution in [0.3, 0.4) is 0 Å². The number of imide groups is 1. The molecule has 7 heteroatoms. The lowest BCUT2D eigenvalue weighted by molar-refractivity contribution is -0.122. The number of nitrogens with one attached hydrogen (secondary N) is 2. The third-order valence-corrected chi connectivity index (χ3v) is 6.89. The molecule has 1 saturated heterocycles. The van der Waals surface area contributed by atoms with Crippen LogP contribution in [0.5, 0.6) is 0 Å². The van der Waals surface area contributed by atoms with E-state index in [0.717, 1.165) is 62.0 Å². The molecule has 1 aromatic carbocycles. The van der Waals surface area contributed by atoms with Gasteiger partial charge in [0.25, 0.3) is 0 Å². The Bertz CT molecular complexity index is 798. The van der Waals surface area contributed by atoms with E-state index in [2.05, 4.69) is 21.6 Å². The summed E-state index contributed by atoms with van der Waals surface area (Å²) in [5, 5.41) is 6.54. The van der Waals surface area contributed by atoms with Crippen LogP contribution in [0, 0.1) is 0 Å². The fourth-order valence-corrected chi connectivity index (χ4v) is 5.45. The standard InChI is InChI=1S/C21H28N4O2S/c26-19(24-21(27)22-15-8-2-1-3-9-15)14-25-13-7-6-11-17(25)20-23-16-10-4-5-12-18(16)28-20/h4-5,10,12,15,17H,1-3,6-9,11,13-14H2,(H2,22,24,26,27)/t17-/m0/s1. The maximum atomic E-state index is 12.5. The Morgan fingerprint density at radius 1 is 1.07 bits per heavy atom. The number of hydrogen-bond donors (Lipinski definition) is 2. The second-order valence-corrected chi connectivity index (χ2v) is 8.92. The molecule has 2 aromatic rings. The molecule has 2 heterocycles. The first-order valence-corrected chi connectivity index (χ1v) is 11.2. The van der Waals surface area contributed by atoms with Gasteiger partial charge in [-0.15, -0.1) is 11.3 Å². The summed E-state index contributed by atoms with van der Waals surface area (Å²) in [4.78, 5) is 31.6. The van der Waals surface area contributed by atoms with E-state index in [1.807, 2.05) is 18.2 Å². The molecule has 2 N–H and O–H groups in total. The molecule has 2 aliphatic rings. The van der Waals surface area contributed by atoms with Crippen LogP contribution in [0.4, 0.5) is 4.79 Å². The number of para-hydroxylation sites is 1. The first-order chi connectivity index (χ1) is 13.7. The van der Waals surface area contributed by atoms with Crippen LogP contribution in [-0.4, -0.2) is 41.0 Å². The maximum absolute atomic E-state index is 12.5. The van der Waals surface area contributed by atoms with Gasteiger partial charge in [-0.2, -0.15) is 0 Å². The third kappa shape index (κ3) is 4.70. The van der Waals surface area contributed by atoms with Gasteiger partial charge in [-0.05, 0) is 44.4 Å². The molecule has 28 heavy (non-hydrogen) atoms. The van der Waals surface area contributed by atoms with Crippen LogP contribution >= 0.6 is 11.3 Å². The minimum Gasteiger partial charge on any atom is -0.335 e. The molecule has 1 aliphatic heterocycles. The van der Waals surface area contributed by atoms with Crippen molar-refractivity contribution in [1.29, 1.82) is 0 Å². The average molecular weight is 401 g/mol. The Hall–Kier alpha value is -1.99. The zero-order valence-corrected chi connectivity index (χ0v) is 17.0. The largest absolute Gasteiger partial charge is 0.335 e. The zero-order chi connectivity index (χ0) is 19.3. The smallest absolute Gasteiger partial charge is 0.321 e. The number of amides is 3. The summed E-state index contributed by atoms with van der Waals surface area (Å²) < 4.78 is 1.18. The Labute approximate surface area is 169 Å². The Balaban J connectivity index is 1.36. The van der Waals surface area contributed by atoms with Crippen LogP contribution in [0.2, 0.25) is 0 Å². The summed E-state index contributed by atoms with van der Waals surface area (Å²) in [6, 6.07) is 8.15. The van der Waals surface area contributed by atoms with E-state index in [1.165, 1.54) is 11.1 Å². The predicted molar refractivity (Wildman–Crippen MR) is 111 cm³/mol. The monoisotopic (exact) mass is 400 g/mol. The van der Waals surface area contributed by atoms with E-state index < -0.39 is 0 Å². The number of aromatic nitrogens is 1. The number of likely N-dealkylation sites (tertiary alicyclic amines) is 1. The van der Waals surface area contributed by atoms with E-state index >= 15 is 0 Å². The molecule has 0 unspecified atom stereocenters. The number of rotatable bonds is 4. The van der Waals surface area contributed by atoms with Gasteiger partial charge in [0.05, 0.1) is 22.8 Å². The molecule has 4 rings (SSSR count). The molecule has 150 valence electrons. The molecule has 3 amide bonds. The molecular weight excluding hydrogens is 372 g/mol. The van der Waals surface area contributed by atoms with Crippen LogP contribution in [0.25, 0.3) is 10.2 Å². The van der Waals surface area contributed by atoms with Crippen molar-refractivity contribution in [3.8, 4) is 0 Å². The number of urea groups is 1. The fraction of sp³-hybridized carbons (Fsp3) is 0.571. The fourth-order valence-electron chi connectivity index (χ4n) is 4.31. The summed E-state index contributed by atoms with van der Waals surface area (Å²) in [5.74, 6) is -0.235. The highest BCUT2D eigenvalue weighted by Gasteiger charge is 2.28. The Kier molecular flexibility index (Phi) is 6.22. The van der Waals surface area contributed by atoms with Crippen molar-refractivity contribution in [1.82, 2.24) is 20.5 Å². The number of carbonyl (C=O) groups excluding carboxylic acids is 2. The van der Waals surface area contributed by atoms with Crippen molar-refractivity contribution in [2.45, 2.75) is 63.5 Å². The number of hydrogen-bond acceptors (Lipinski definition) is 5. The van der Waals surface area contributed by atoms with E-state index in [-0.39, 0.29) is 30.6 Å². The lowest BCUT2D eigenvalue weighted by Crippen LogP contribution is -2.49. The summed E-state index contributed by atoms with van der Waals surface area (Å²) in [7, 11) is 0. The second-order valence-electron chi connectivity index (χ2n) is 7.86. The van der Waals surface area contributed by atoms with Gasteiger partial charge in [-0.3, -0.25) is 15.0 Å². The van der Waals surface area contributed by atoms with Crippen molar-refractivity contribution in [3.63, 3.8) is 0 Å². The molecule has 0 bridgehead atoms. The van der Waals surface area contributed by atoms with Gasteiger partial charge in [-0.1, -0.05) is 37.8 Å². The quantitative estimate of drug-likeness (QED) is 0.814. The van der Waals surface area contributed by atoms with Crippen molar-refractivity contribution in [2.24, 2.45) is 0 Å². The zero-order valence-electron chi connectivity index (χ0n) is 16.2. The molecular formula is C21H28N4O2S. The normalized spacial score (nSPS) is 21.5. The summed E-state index contributed by atoms with van der Waals surface area (Å²) in [5.41, 5.74) is 1.02. The van der Waals surface area contributed by atoms with E-state index in [4.69, 9.17) is 4.98 Å². The van der Waals surface area contributed by atoms with Gasteiger partial charge in [0.2, 0.25) is 5.91 Å². The number of benzene rings is 1. The third-order valence-electron chi connectivity index (χ3n) is 5.75. The van der Waals surface area contributed by atoms with Crippen LogP contribution in [0.15, 0.2) is 24.3 Å². The SMILES string of the molecule is O=C(CN1CCCC[C@H]1c1nc2ccccc2s1)NC(=O)NC1CCCCC1. The minimum absolute atomic E-state index is 0.151. The summed E-state index contributed by atoms with van der Waals surface area (Å²) in [6.45, 7) is 1.09. The maximum Gasteiger partial charge on any atom is 0.321 e. The van der Waals surface area contributed by atoms with Gasteiger partial charge in [-0.25, -0.2) is 9.78 Å². The van der Waals surface area contributed by atoms with Crippen molar-refractivity contribution in [2.75, 3.05) is 13.1 Å². The van der Waals surface area contributed by atoms with Gasteiger partial charge < -0.3 is 5.32 Å². The number of thiazole rings is 1. The topological polar surface area (TPSA) is 74.3 Å². The predicted octanol–water partition coefficient (Wildman–Crippen LogP) is 3.98. The van der Waals surface area contributed by atoms with Gasteiger partial charge in [0, 0.05) is 6.04 Å². The lowest BCUT2D eigenvalue weighted by Gasteiger charge is -2.33. The van der Waals surface area contributed by atoms with Gasteiger partial charge >= 0.3 is 6.03 Å². The highest BCUT2D eigenvalue weighted by atomic mass is 32.1. The van der Waals surface area contributed by atoms with Crippen LogP contribution in [-0.2, 0) is 4.79 Å². The second kappa shape index (κ2) is 9.01. The average Bonchev–Trinajstić information content (AvgIpc) is 3.13. The summed E-state index contributed by atoms with van der Waals surface area (Å²) >= 11 is 1.71.